The van der Waals surface area contributed by atoms with Gasteiger partial charge in [-0.1, -0.05) is 34.5 Å². The van der Waals surface area contributed by atoms with Crippen LogP contribution in [0.1, 0.15) is 48.0 Å². The van der Waals surface area contributed by atoms with Gasteiger partial charge in [0, 0.05) is 20.4 Å². The van der Waals surface area contributed by atoms with Gasteiger partial charge in [-0.2, -0.15) is 0 Å². The predicted molar refractivity (Wildman–Crippen MR) is 95.5 cm³/mol. The molecule has 2 nitrogen and oxygen atoms in total. The number of benzene rings is 1. The maximum atomic E-state index is 6.18. The third-order valence-electron chi connectivity index (χ3n) is 3.26. The molecule has 0 saturated heterocycles. The van der Waals surface area contributed by atoms with Gasteiger partial charge < -0.3 is 5.32 Å². The van der Waals surface area contributed by atoms with E-state index in [9.17, 15) is 0 Å². The smallest absolute Gasteiger partial charge is 0.115 e. The van der Waals surface area contributed by atoms with E-state index in [0.29, 0.717) is 6.04 Å². The molecule has 114 valence electrons. The molecule has 1 heterocycles. The minimum atomic E-state index is 0.0575. The summed E-state index contributed by atoms with van der Waals surface area (Å²) in [5, 5.41) is 5.45. The molecular formula is C16H20BrClN2S. The Morgan fingerprint density at radius 3 is 2.67 bits per heavy atom. The summed E-state index contributed by atoms with van der Waals surface area (Å²) >= 11 is 11.6. The Morgan fingerprint density at radius 1 is 1.38 bits per heavy atom. The number of aromatic nitrogens is 1. The number of thiazole rings is 1. The lowest BCUT2D eigenvalue weighted by Gasteiger charge is -2.21. The Balaban J connectivity index is 2.49. The van der Waals surface area contributed by atoms with Crippen LogP contribution < -0.4 is 5.32 Å². The first-order chi connectivity index (χ1) is 9.92. The first-order valence-electron chi connectivity index (χ1n) is 7.09. The second kappa shape index (κ2) is 7.23. The van der Waals surface area contributed by atoms with Crippen molar-refractivity contribution in [3.63, 3.8) is 0 Å². The molecule has 0 amide bonds. The number of hydrogen-bond donors (Lipinski definition) is 1. The molecule has 0 saturated carbocycles. The quantitative estimate of drug-likeness (QED) is 0.731. The van der Waals surface area contributed by atoms with Crippen LogP contribution in [0.4, 0.5) is 0 Å². The molecule has 0 bridgehead atoms. The van der Waals surface area contributed by atoms with Gasteiger partial charge in [-0.15, -0.1) is 11.3 Å². The van der Waals surface area contributed by atoms with Crippen molar-refractivity contribution in [3.8, 4) is 0 Å². The van der Waals surface area contributed by atoms with Crippen LogP contribution in [0.15, 0.2) is 22.7 Å². The summed E-state index contributed by atoms with van der Waals surface area (Å²) in [6.07, 6.45) is 0.966. The summed E-state index contributed by atoms with van der Waals surface area (Å²) in [5.41, 5.74) is 2.32. The fourth-order valence-corrected chi connectivity index (χ4v) is 4.01. The van der Waals surface area contributed by atoms with E-state index in [1.807, 2.05) is 18.2 Å². The van der Waals surface area contributed by atoms with E-state index in [-0.39, 0.29) is 6.04 Å². The second-order valence-corrected chi connectivity index (χ2v) is 7.85. The van der Waals surface area contributed by atoms with Gasteiger partial charge in [0.25, 0.3) is 0 Å². The van der Waals surface area contributed by atoms with Crippen LogP contribution in [0.2, 0.25) is 5.02 Å². The first-order valence-corrected chi connectivity index (χ1v) is 9.08. The zero-order chi connectivity index (χ0) is 15.6. The molecule has 2 rings (SSSR count). The van der Waals surface area contributed by atoms with E-state index < -0.39 is 0 Å². The van der Waals surface area contributed by atoms with Gasteiger partial charge in [0.05, 0.1) is 11.7 Å². The Kier molecular flexibility index (Phi) is 5.83. The summed E-state index contributed by atoms with van der Waals surface area (Å²) in [4.78, 5) is 6.11. The summed E-state index contributed by atoms with van der Waals surface area (Å²) in [5.74, 6) is 0. The molecule has 0 spiro atoms. The number of rotatable bonds is 5. The molecule has 0 aliphatic rings. The number of halogens is 2. The number of hydrogen-bond acceptors (Lipinski definition) is 3. The van der Waals surface area contributed by atoms with Gasteiger partial charge in [0.15, 0.2) is 0 Å². The van der Waals surface area contributed by atoms with Crippen molar-refractivity contribution in [1.29, 1.82) is 0 Å². The van der Waals surface area contributed by atoms with Crippen molar-refractivity contribution >= 4 is 38.9 Å². The molecule has 1 atom stereocenters. The number of aryl methyl sites for hydroxylation is 2. The Hall–Kier alpha value is -0.420. The van der Waals surface area contributed by atoms with Crippen molar-refractivity contribution in [2.75, 3.05) is 0 Å². The molecule has 21 heavy (non-hydrogen) atoms. The molecule has 1 aromatic carbocycles. The summed E-state index contributed by atoms with van der Waals surface area (Å²) in [7, 11) is 0. The molecule has 1 aromatic heterocycles. The molecule has 0 aliphatic carbocycles. The molecule has 1 N–H and O–H groups in total. The van der Waals surface area contributed by atoms with Gasteiger partial charge in [-0.25, -0.2) is 4.98 Å². The lowest BCUT2D eigenvalue weighted by atomic mass is 10.1. The zero-order valence-corrected chi connectivity index (χ0v) is 15.9. The molecule has 0 aliphatic heterocycles. The summed E-state index contributed by atoms with van der Waals surface area (Å²) in [6.45, 7) is 8.57. The van der Waals surface area contributed by atoms with E-state index >= 15 is 0 Å². The van der Waals surface area contributed by atoms with Crippen molar-refractivity contribution < 1.29 is 0 Å². The van der Waals surface area contributed by atoms with Crippen LogP contribution in [0.25, 0.3) is 0 Å². The summed E-state index contributed by atoms with van der Waals surface area (Å²) < 4.78 is 1.05. The van der Waals surface area contributed by atoms with E-state index in [1.165, 1.54) is 10.6 Å². The van der Waals surface area contributed by atoms with Crippen LogP contribution in [0.3, 0.4) is 0 Å². The predicted octanol–water partition coefficient (Wildman–Crippen LogP) is 5.52. The lowest BCUT2D eigenvalue weighted by molar-refractivity contribution is 0.525. The molecular weight excluding hydrogens is 368 g/mol. The molecule has 0 radical (unpaired) electrons. The Labute approximate surface area is 144 Å². The number of nitrogens with zero attached hydrogens (tertiary/aromatic N) is 1. The van der Waals surface area contributed by atoms with E-state index in [2.05, 4.69) is 48.9 Å². The minimum absolute atomic E-state index is 0.0575. The second-order valence-electron chi connectivity index (χ2n) is 5.33. The highest BCUT2D eigenvalue weighted by Crippen LogP contribution is 2.34. The van der Waals surface area contributed by atoms with Crippen LogP contribution in [0.5, 0.6) is 0 Å². The highest BCUT2D eigenvalue weighted by molar-refractivity contribution is 9.10. The van der Waals surface area contributed by atoms with Crippen molar-refractivity contribution in [2.24, 2.45) is 0 Å². The average Bonchev–Trinajstić information content (AvgIpc) is 2.80. The Bertz CT molecular complexity index is 625. The fraction of sp³-hybridized carbons (Fsp3) is 0.438. The van der Waals surface area contributed by atoms with Gasteiger partial charge in [0.1, 0.15) is 5.01 Å². The first kappa shape index (κ1) is 16.9. The van der Waals surface area contributed by atoms with Crippen LogP contribution in [-0.4, -0.2) is 11.0 Å². The third-order valence-corrected chi connectivity index (χ3v) is 5.30. The van der Waals surface area contributed by atoms with E-state index in [4.69, 9.17) is 16.6 Å². The Morgan fingerprint density at radius 2 is 2.10 bits per heavy atom. The van der Waals surface area contributed by atoms with Gasteiger partial charge in [-0.3, -0.25) is 0 Å². The third kappa shape index (κ3) is 4.07. The highest BCUT2D eigenvalue weighted by atomic mass is 79.9. The maximum Gasteiger partial charge on any atom is 0.115 e. The molecule has 0 fully saturated rings. The lowest BCUT2D eigenvalue weighted by Crippen LogP contribution is -2.29. The normalized spacial score (nSPS) is 12.9. The van der Waals surface area contributed by atoms with E-state index in [1.54, 1.807) is 11.3 Å². The van der Waals surface area contributed by atoms with Gasteiger partial charge >= 0.3 is 0 Å². The zero-order valence-electron chi connectivity index (χ0n) is 12.7. The SMILES string of the molecule is CCc1nc(C(NC(C)C)c2cc(Cl)ccc2Br)sc1C. The standard InChI is InChI=1S/C16H20BrClN2S/c1-5-14-10(4)21-16(20-14)15(19-9(2)3)12-8-11(18)6-7-13(12)17/h6-9,15,19H,5H2,1-4H3. The number of nitrogens with one attached hydrogen (secondary N) is 1. The highest BCUT2D eigenvalue weighted by Gasteiger charge is 2.22. The van der Waals surface area contributed by atoms with E-state index in [0.717, 1.165) is 26.5 Å². The average molecular weight is 388 g/mol. The molecule has 2 aromatic rings. The summed E-state index contributed by atoms with van der Waals surface area (Å²) in [6, 6.07) is 6.31. The molecule has 5 heteroatoms. The van der Waals surface area contributed by atoms with Gasteiger partial charge in [-0.05, 0) is 51.0 Å². The van der Waals surface area contributed by atoms with Crippen LogP contribution in [-0.2, 0) is 6.42 Å². The van der Waals surface area contributed by atoms with Gasteiger partial charge in [0.2, 0.25) is 0 Å². The largest absolute Gasteiger partial charge is 0.302 e. The maximum absolute atomic E-state index is 6.18. The van der Waals surface area contributed by atoms with Crippen LogP contribution >= 0.6 is 38.9 Å². The van der Waals surface area contributed by atoms with Crippen LogP contribution in [0, 0.1) is 6.92 Å². The molecule has 1 unspecified atom stereocenters. The van der Waals surface area contributed by atoms with Crippen molar-refractivity contribution in [2.45, 2.75) is 46.2 Å². The topological polar surface area (TPSA) is 24.9 Å². The monoisotopic (exact) mass is 386 g/mol. The fourth-order valence-electron chi connectivity index (χ4n) is 2.27. The van der Waals surface area contributed by atoms with Crippen molar-refractivity contribution in [1.82, 2.24) is 10.3 Å². The van der Waals surface area contributed by atoms with Crippen molar-refractivity contribution in [3.05, 3.63) is 48.8 Å². The minimum Gasteiger partial charge on any atom is -0.302 e.